The number of nitrogens with one attached hydrogen (secondary N) is 1. The molecule has 4 heteroatoms. The summed E-state index contributed by atoms with van der Waals surface area (Å²) in [5.74, 6) is -0.857. The number of hydrogen-bond donors (Lipinski definition) is 2. The molecule has 100 valence electrons. The van der Waals surface area contributed by atoms with Gasteiger partial charge in [0.1, 0.15) is 5.54 Å². The highest BCUT2D eigenvalue weighted by Crippen LogP contribution is 2.25. The maximum atomic E-state index is 11.6. The lowest BCUT2D eigenvalue weighted by Crippen LogP contribution is -2.49. The number of rotatable bonds is 7. The first-order valence-corrected chi connectivity index (χ1v) is 6.11. The van der Waals surface area contributed by atoms with Gasteiger partial charge in [-0.05, 0) is 18.9 Å². The van der Waals surface area contributed by atoms with Crippen LogP contribution in [0.15, 0.2) is 24.3 Å². The lowest BCUT2D eigenvalue weighted by Gasteiger charge is -2.30. The average Bonchev–Trinajstić information content (AvgIpc) is 2.36. The van der Waals surface area contributed by atoms with E-state index in [1.807, 2.05) is 38.1 Å². The summed E-state index contributed by atoms with van der Waals surface area (Å²) in [6.45, 7) is 4.84. The van der Waals surface area contributed by atoms with Gasteiger partial charge >= 0.3 is 5.97 Å². The number of ether oxygens (including phenoxy) is 1. The standard InChI is InChI=1S/C14H21NO3/c1-4-14(13(16)17,15-9-10-18-3)12-7-5-11(2)6-8-12/h5-8,15H,4,9-10H2,1-3H3,(H,16,17). The Balaban J connectivity index is 3.02. The van der Waals surface area contributed by atoms with Gasteiger partial charge in [-0.3, -0.25) is 5.32 Å². The third kappa shape index (κ3) is 3.09. The molecule has 2 N–H and O–H groups in total. The number of benzene rings is 1. The maximum Gasteiger partial charge on any atom is 0.328 e. The molecule has 0 bridgehead atoms. The zero-order chi connectivity index (χ0) is 13.6. The van der Waals surface area contributed by atoms with E-state index in [0.717, 1.165) is 11.1 Å². The minimum Gasteiger partial charge on any atom is -0.480 e. The number of methoxy groups -OCH3 is 1. The van der Waals surface area contributed by atoms with Crippen LogP contribution in [-0.2, 0) is 15.1 Å². The Hall–Kier alpha value is -1.39. The molecule has 4 nitrogen and oxygen atoms in total. The van der Waals surface area contributed by atoms with Gasteiger partial charge in [0.05, 0.1) is 6.61 Å². The SMILES string of the molecule is CCC(NCCOC)(C(=O)O)c1ccc(C)cc1. The fourth-order valence-corrected chi connectivity index (χ4v) is 1.99. The Morgan fingerprint density at radius 3 is 2.44 bits per heavy atom. The van der Waals surface area contributed by atoms with Crippen LogP contribution < -0.4 is 5.32 Å². The van der Waals surface area contributed by atoms with Gasteiger partial charge < -0.3 is 9.84 Å². The molecule has 18 heavy (non-hydrogen) atoms. The first-order chi connectivity index (χ1) is 8.56. The molecule has 1 aromatic rings. The van der Waals surface area contributed by atoms with Crippen LogP contribution in [0.2, 0.25) is 0 Å². The van der Waals surface area contributed by atoms with E-state index >= 15 is 0 Å². The lowest BCUT2D eigenvalue weighted by atomic mass is 9.86. The van der Waals surface area contributed by atoms with Crippen molar-refractivity contribution in [1.82, 2.24) is 5.32 Å². The molecule has 1 unspecified atom stereocenters. The molecule has 1 atom stereocenters. The maximum absolute atomic E-state index is 11.6. The molecule has 0 spiro atoms. The lowest BCUT2D eigenvalue weighted by molar-refractivity contribution is -0.145. The molecule has 0 heterocycles. The zero-order valence-electron chi connectivity index (χ0n) is 11.2. The van der Waals surface area contributed by atoms with Crippen LogP contribution in [0.1, 0.15) is 24.5 Å². The molecule has 0 amide bonds. The Labute approximate surface area is 108 Å². The fourth-order valence-electron chi connectivity index (χ4n) is 1.99. The normalized spacial score (nSPS) is 14.2. The number of carboxylic acid groups (broad SMARTS) is 1. The van der Waals surface area contributed by atoms with Crippen LogP contribution in [-0.4, -0.2) is 31.3 Å². The second kappa shape index (κ2) is 6.52. The van der Waals surface area contributed by atoms with Gasteiger partial charge in [-0.2, -0.15) is 0 Å². The molecule has 0 aliphatic rings. The van der Waals surface area contributed by atoms with Gasteiger partial charge in [0, 0.05) is 13.7 Å². The summed E-state index contributed by atoms with van der Waals surface area (Å²) in [5, 5.41) is 12.6. The first kappa shape index (κ1) is 14.7. The smallest absolute Gasteiger partial charge is 0.328 e. The second-order valence-corrected chi connectivity index (χ2v) is 4.35. The minimum atomic E-state index is -1.04. The molecular formula is C14H21NO3. The molecular weight excluding hydrogens is 230 g/mol. The van der Waals surface area contributed by atoms with Crippen molar-refractivity contribution < 1.29 is 14.6 Å². The summed E-state index contributed by atoms with van der Waals surface area (Å²) >= 11 is 0. The quantitative estimate of drug-likeness (QED) is 0.727. The Morgan fingerprint density at radius 1 is 1.39 bits per heavy atom. The van der Waals surface area contributed by atoms with E-state index in [0.29, 0.717) is 19.6 Å². The van der Waals surface area contributed by atoms with Gasteiger partial charge in [0.2, 0.25) is 0 Å². The van der Waals surface area contributed by atoms with Gasteiger partial charge in [-0.1, -0.05) is 36.8 Å². The molecule has 0 aliphatic carbocycles. The molecule has 0 saturated carbocycles. The van der Waals surface area contributed by atoms with Crippen molar-refractivity contribution in [3.8, 4) is 0 Å². The van der Waals surface area contributed by atoms with Crippen LogP contribution in [0.4, 0.5) is 0 Å². The topological polar surface area (TPSA) is 58.6 Å². The van der Waals surface area contributed by atoms with E-state index in [2.05, 4.69) is 5.32 Å². The monoisotopic (exact) mass is 251 g/mol. The van der Waals surface area contributed by atoms with E-state index < -0.39 is 11.5 Å². The Kier molecular flexibility index (Phi) is 5.31. The van der Waals surface area contributed by atoms with E-state index in [1.54, 1.807) is 7.11 Å². The summed E-state index contributed by atoms with van der Waals surface area (Å²) in [4.78, 5) is 11.6. The molecule has 0 aliphatic heterocycles. The highest BCUT2D eigenvalue weighted by molar-refractivity contribution is 5.80. The Morgan fingerprint density at radius 2 is 2.00 bits per heavy atom. The van der Waals surface area contributed by atoms with Crippen LogP contribution in [0.5, 0.6) is 0 Å². The van der Waals surface area contributed by atoms with Crippen molar-refractivity contribution in [3.63, 3.8) is 0 Å². The van der Waals surface area contributed by atoms with Gasteiger partial charge in [-0.25, -0.2) is 4.79 Å². The molecule has 0 fully saturated rings. The van der Waals surface area contributed by atoms with Gasteiger partial charge in [0.25, 0.3) is 0 Å². The van der Waals surface area contributed by atoms with Crippen molar-refractivity contribution >= 4 is 5.97 Å². The number of aryl methyl sites for hydroxylation is 1. The van der Waals surface area contributed by atoms with E-state index in [9.17, 15) is 9.90 Å². The molecule has 1 rings (SSSR count). The Bertz CT molecular complexity index is 389. The number of carbonyl (C=O) groups is 1. The number of hydrogen-bond acceptors (Lipinski definition) is 3. The average molecular weight is 251 g/mol. The van der Waals surface area contributed by atoms with Crippen LogP contribution in [0.3, 0.4) is 0 Å². The van der Waals surface area contributed by atoms with Crippen LogP contribution >= 0.6 is 0 Å². The molecule has 0 saturated heterocycles. The zero-order valence-corrected chi connectivity index (χ0v) is 11.2. The molecule has 1 aromatic carbocycles. The van der Waals surface area contributed by atoms with Crippen molar-refractivity contribution in [2.24, 2.45) is 0 Å². The van der Waals surface area contributed by atoms with Gasteiger partial charge in [0.15, 0.2) is 0 Å². The summed E-state index contributed by atoms with van der Waals surface area (Å²) in [6, 6.07) is 7.60. The number of aliphatic carboxylic acids is 1. The van der Waals surface area contributed by atoms with E-state index in [4.69, 9.17) is 4.74 Å². The van der Waals surface area contributed by atoms with Crippen LogP contribution in [0, 0.1) is 6.92 Å². The largest absolute Gasteiger partial charge is 0.480 e. The van der Waals surface area contributed by atoms with Crippen molar-refractivity contribution in [2.75, 3.05) is 20.3 Å². The van der Waals surface area contributed by atoms with Crippen molar-refractivity contribution in [2.45, 2.75) is 25.8 Å². The highest BCUT2D eigenvalue weighted by Gasteiger charge is 2.37. The highest BCUT2D eigenvalue weighted by atomic mass is 16.5. The van der Waals surface area contributed by atoms with Crippen LogP contribution in [0.25, 0.3) is 0 Å². The summed E-state index contributed by atoms with van der Waals surface area (Å²) in [7, 11) is 1.60. The second-order valence-electron chi connectivity index (χ2n) is 4.35. The predicted molar refractivity (Wildman–Crippen MR) is 70.7 cm³/mol. The summed E-state index contributed by atoms with van der Waals surface area (Å²) < 4.78 is 4.96. The van der Waals surface area contributed by atoms with E-state index in [1.165, 1.54) is 0 Å². The predicted octanol–water partition coefficient (Wildman–Crippen LogP) is 1.92. The third-order valence-corrected chi connectivity index (χ3v) is 3.17. The molecule has 0 radical (unpaired) electrons. The van der Waals surface area contributed by atoms with E-state index in [-0.39, 0.29) is 0 Å². The molecule has 0 aromatic heterocycles. The minimum absolute atomic E-state index is 0.481. The number of carboxylic acids is 1. The summed E-state index contributed by atoms with van der Waals surface area (Å²) in [6.07, 6.45) is 0.481. The fraction of sp³-hybridized carbons (Fsp3) is 0.500. The van der Waals surface area contributed by atoms with Crippen molar-refractivity contribution in [1.29, 1.82) is 0 Å². The van der Waals surface area contributed by atoms with Crippen molar-refractivity contribution in [3.05, 3.63) is 35.4 Å². The summed E-state index contributed by atoms with van der Waals surface area (Å²) in [5.41, 5.74) is 0.858. The van der Waals surface area contributed by atoms with Gasteiger partial charge in [-0.15, -0.1) is 0 Å². The third-order valence-electron chi connectivity index (χ3n) is 3.17. The first-order valence-electron chi connectivity index (χ1n) is 6.11.